The van der Waals surface area contributed by atoms with Crippen LogP contribution in [0.1, 0.15) is 40.0 Å². The van der Waals surface area contributed by atoms with Crippen molar-refractivity contribution < 1.29 is 9.53 Å². The Morgan fingerprint density at radius 3 is 2.36 bits per heavy atom. The molecule has 0 heterocycles. The highest BCUT2D eigenvalue weighted by Crippen LogP contribution is 2.09. The molecular weight excluding hydrogens is 140 g/mol. The van der Waals surface area contributed by atoms with Gasteiger partial charge in [-0.2, -0.15) is 0 Å². The third-order valence-corrected chi connectivity index (χ3v) is 1.05. The van der Waals surface area contributed by atoms with Gasteiger partial charge in [-0.15, -0.1) is 0 Å². The van der Waals surface area contributed by atoms with Gasteiger partial charge in [0.25, 0.3) is 0 Å². The zero-order valence-corrected chi connectivity index (χ0v) is 7.64. The molecule has 0 aliphatic heterocycles. The van der Waals surface area contributed by atoms with Crippen LogP contribution in [0.2, 0.25) is 0 Å². The Balaban J connectivity index is 3.53. The molecule has 0 spiro atoms. The first-order chi connectivity index (χ1) is 4.95. The normalized spacial score (nSPS) is 11.3. The van der Waals surface area contributed by atoms with E-state index in [2.05, 4.69) is 6.92 Å². The van der Waals surface area contributed by atoms with E-state index in [9.17, 15) is 4.79 Å². The van der Waals surface area contributed by atoms with Gasteiger partial charge < -0.3 is 4.74 Å². The van der Waals surface area contributed by atoms with Gasteiger partial charge in [-0.1, -0.05) is 13.3 Å². The number of carbonyl (C=O) groups excluding carboxylic acids is 1. The molecule has 0 bridgehead atoms. The Morgan fingerprint density at radius 1 is 1.45 bits per heavy atom. The fraction of sp³-hybridized carbons (Fsp3) is 0.778. The number of esters is 1. The van der Waals surface area contributed by atoms with E-state index in [4.69, 9.17) is 4.74 Å². The summed E-state index contributed by atoms with van der Waals surface area (Å²) in [6, 6.07) is 0. The van der Waals surface area contributed by atoms with E-state index in [1.165, 1.54) is 0 Å². The molecule has 0 aromatic rings. The fourth-order valence-electron chi connectivity index (χ4n) is 0.662. The molecule has 0 aliphatic rings. The third kappa shape index (κ3) is 7.37. The Hall–Kier alpha value is -0.530. The molecule has 0 fully saturated rings. The molecule has 0 unspecified atom stereocenters. The SMILES string of the molecule is [CH2]CCCC(=O)OC(C)(C)C. The lowest BCUT2D eigenvalue weighted by Gasteiger charge is -2.19. The molecule has 0 aliphatic carbocycles. The Bertz CT molecular complexity index is 122. The molecular formula is C9H17O2. The second-order valence-corrected chi connectivity index (χ2v) is 3.54. The smallest absolute Gasteiger partial charge is 0.306 e. The van der Waals surface area contributed by atoms with Gasteiger partial charge in [0.2, 0.25) is 0 Å². The quantitative estimate of drug-likeness (QED) is 0.588. The Kier molecular flexibility index (Phi) is 4.16. The van der Waals surface area contributed by atoms with Crippen molar-refractivity contribution in [2.45, 2.75) is 45.6 Å². The maximum Gasteiger partial charge on any atom is 0.306 e. The van der Waals surface area contributed by atoms with E-state index >= 15 is 0 Å². The van der Waals surface area contributed by atoms with Gasteiger partial charge in [0, 0.05) is 6.42 Å². The van der Waals surface area contributed by atoms with Crippen molar-refractivity contribution in [1.29, 1.82) is 0 Å². The second kappa shape index (κ2) is 4.37. The van der Waals surface area contributed by atoms with Crippen LogP contribution in [0.4, 0.5) is 0 Å². The summed E-state index contributed by atoms with van der Waals surface area (Å²) in [5.41, 5.74) is -0.349. The van der Waals surface area contributed by atoms with Crippen LogP contribution in [0.25, 0.3) is 0 Å². The number of ether oxygens (including phenoxy) is 1. The molecule has 0 aromatic heterocycles. The lowest BCUT2D eigenvalue weighted by atomic mass is 10.2. The topological polar surface area (TPSA) is 26.3 Å². The van der Waals surface area contributed by atoms with E-state index in [1.54, 1.807) is 0 Å². The van der Waals surface area contributed by atoms with Gasteiger partial charge in [0.15, 0.2) is 0 Å². The van der Waals surface area contributed by atoms with E-state index in [0.29, 0.717) is 6.42 Å². The van der Waals surface area contributed by atoms with Crippen LogP contribution >= 0.6 is 0 Å². The van der Waals surface area contributed by atoms with Crippen LogP contribution in [0.3, 0.4) is 0 Å². The highest BCUT2D eigenvalue weighted by atomic mass is 16.6. The van der Waals surface area contributed by atoms with Crippen LogP contribution in [-0.4, -0.2) is 11.6 Å². The molecule has 0 N–H and O–H groups in total. The molecule has 2 nitrogen and oxygen atoms in total. The maximum atomic E-state index is 11.0. The Morgan fingerprint density at radius 2 is 2.00 bits per heavy atom. The number of carbonyl (C=O) groups is 1. The minimum Gasteiger partial charge on any atom is -0.460 e. The van der Waals surface area contributed by atoms with Crippen LogP contribution in [0, 0.1) is 6.92 Å². The molecule has 0 saturated heterocycles. The molecule has 1 radical (unpaired) electrons. The standard InChI is InChI=1S/C9H17O2/c1-5-6-7-8(10)11-9(2,3)4/h1,5-7H2,2-4H3. The summed E-state index contributed by atoms with van der Waals surface area (Å²) in [5.74, 6) is -0.124. The van der Waals surface area contributed by atoms with Crippen molar-refractivity contribution in [3.05, 3.63) is 6.92 Å². The lowest BCUT2D eigenvalue weighted by molar-refractivity contribution is -0.154. The first-order valence-electron chi connectivity index (χ1n) is 3.97. The summed E-state index contributed by atoms with van der Waals surface area (Å²) in [5, 5.41) is 0. The third-order valence-electron chi connectivity index (χ3n) is 1.05. The molecule has 2 heteroatoms. The van der Waals surface area contributed by atoms with Crippen molar-refractivity contribution in [3.63, 3.8) is 0 Å². The molecule has 0 rings (SSSR count). The van der Waals surface area contributed by atoms with E-state index < -0.39 is 0 Å². The van der Waals surface area contributed by atoms with Crippen molar-refractivity contribution in [2.24, 2.45) is 0 Å². The molecule has 0 aromatic carbocycles. The van der Waals surface area contributed by atoms with Crippen molar-refractivity contribution in [1.82, 2.24) is 0 Å². The monoisotopic (exact) mass is 157 g/mol. The van der Waals surface area contributed by atoms with Gasteiger partial charge in [-0.25, -0.2) is 0 Å². The largest absolute Gasteiger partial charge is 0.460 e. The molecule has 0 atom stereocenters. The zero-order valence-electron chi connectivity index (χ0n) is 7.64. The second-order valence-electron chi connectivity index (χ2n) is 3.54. The summed E-state index contributed by atoms with van der Waals surface area (Å²) in [4.78, 5) is 11.0. The van der Waals surface area contributed by atoms with Crippen molar-refractivity contribution >= 4 is 5.97 Å². The van der Waals surface area contributed by atoms with Crippen LogP contribution in [0.5, 0.6) is 0 Å². The number of hydrogen-bond acceptors (Lipinski definition) is 2. The Labute approximate surface area is 68.9 Å². The first-order valence-corrected chi connectivity index (χ1v) is 3.97. The molecule has 0 amide bonds. The number of unbranched alkanes of at least 4 members (excludes halogenated alkanes) is 1. The minimum atomic E-state index is -0.349. The summed E-state index contributed by atoms with van der Waals surface area (Å²) >= 11 is 0. The molecule has 11 heavy (non-hydrogen) atoms. The zero-order chi connectivity index (χ0) is 8.91. The summed E-state index contributed by atoms with van der Waals surface area (Å²) in [7, 11) is 0. The van der Waals surface area contributed by atoms with Crippen LogP contribution in [0.15, 0.2) is 0 Å². The van der Waals surface area contributed by atoms with E-state index in [0.717, 1.165) is 12.8 Å². The summed E-state index contributed by atoms with van der Waals surface area (Å²) in [6.07, 6.45) is 2.09. The summed E-state index contributed by atoms with van der Waals surface area (Å²) in [6.45, 7) is 9.26. The minimum absolute atomic E-state index is 0.124. The van der Waals surface area contributed by atoms with Gasteiger partial charge in [-0.05, 0) is 27.2 Å². The predicted octanol–water partition coefficient (Wildman–Crippen LogP) is 2.33. The molecule has 0 saturated carbocycles. The fourth-order valence-corrected chi connectivity index (χ4v) is 0.662. The first kappa shape index (κ1) is 10.5. The maximum absolute atomic E-state index is 11.0. The summed E-state index contributed by atoms with van der Waals surface area (Å²) < 4.78 is 5.07. The lowest BCUT2D eigenvalue weighted by Crippen LogP contribution is -2.23. The van der Waals surface area contributed by atoms with Gasteiger partial charge in [0.1, 0.15) is 5.60 Å². The van der Waals surface area contributed by atoms with Gasteiger partial charge >= 0.3 is 5.97 Å². The average Bonchev–Trinajstić information content (AvgIpc) is 1.79. The van der Waals surface area contributed by atoms with Crippen molar-refractivity contribution in [2.75, 3.05) is 0 Å². The molecule has 65 valence electrons. The van der Waals surface area contributed by atoms with E-state index in [-0.39, 0.29) is 11.6 Å². The highest BCUT2D eigenvalue weighted by molar-refractivity contribution is 5.69. The van der Waals surface area contributed by atoms with Crippen LogP contribution < -0.4 is 0 Å². The highest BCUT2D eigenvalue weighted by Gasteiger charge is 2.14. The van der Waals surface area contributed by atoms with Gasteiger partial charge in [0.05, 0.1) is 0 Å². The van der Waals surface area contributed by atoms with Crippen molar-refractivity contribution in [3.8, 4) is 0 Å². The number of rotatable bonds is 3. The number of hydrogen-bond donors (Lipinski definition) is 0. The van der Waals surface area contributed by atoms with Gasteiger partial charge in [-0.3, -0.25) is 4.79 Å². The average molecular weight is 157 g/mol. The van der Waals surface area contributed by atoms with E-state index in [1.807, 2.05) is 20.8 Å². The van der Waals surface area contributed by atoms with Crippen LogP contribution in [-0.2, 0) is 9.53 Å². The predicted molar refractivity (Wildman–Crippen MR) is 45.1 cm³/mol.